The summed E-state index contributed by atoms with van der Waals surface area (Å²) in [7, 11) is 5.44. The average molecular weight is 1110 g/mol. The second-order valence-electron chi connectivity index (χ2n) is 25.1. The first-order chi connectivity index (χ1) is 37.3. The maximum absolute atomic E-state index is 14.6. The molecule has 8 fully saturated rings. The monoisotopic (exact) mass is 1110 g/mol. The topological polar surface area (TPSA) is 164 Å². The summed E-state index contributed by atoms with van der Waals surface area (Å²) in [5, 5.41) is 0. The van der Waals surface area contributed by atoms with Crippen molar-refractivity contribution >= 4 is 36.3 Å². The Balaban J connectivity index is 0.000000146. The molecule has 0 atom stereocenters. The number of nitrogens with two attached hydrogens (primary N) is 2. The Kier molecular flexibility index (Phi) is 18.8. The lowest BCUT2D eigenvalue weighted by Gasteiger charge is -2.61. The number of carbonyl (C=O) groups is 4. The summed E-state index contributed by atoms with van der Waals surface area (Å²) in [6.45, 7) is 3.73. The summed E-state index contributed by atoms with van der Waals surface area (Å²) >= 11 is 0. The highest BCUT2D eigenvalue weighted by atomic mass is 35.5. The van der Waals surface area contributed by atoms with Gasteiger partial charge in [-0.2, -0.15) is 0 Å². The molecule has 4 aromatic carbocycles. The Bertz CT molecular complexity index is 2550. The van der Waals surface area contributed by atoms with Crippen molar-refractivity contribution in [3.63, 3.8) is 0 Å². The van der Waals surface area contributed by atoms with Crippen LogP contribution in [0.4, 0.5) is 8.78 Å². The first-order valence-electron chi connectivity index (χ1n) is 28.2. The smallest absolute Gasteiger partial charge is 0.343 e. The van der Waals surface area contributed by atoms with E-state index in [1.807, 2.05) is 12.1 Å². The van der Waals surface area contributed by atoms with Crippen LogP contribution in [0, 0.1) is 33.5 Å². The van der Waals surface area contributed by atoms with Crippen molar-refractivity contribution in [1.29, 1.82) is 0 Å². The van der Waals surface area contributed by atoms with Crippen LogP contribution in [0.5, 0.6) is 0 Å². The van der Waals surface area contributed by atoms with Crippen molar-refractivity contribution in [1.82, 2.24) is 9.80 Å². The van der Waals surface area contributed by atoms with E-state index < -0.39 is 23.3 Å². The largest absolute Gasteiger partial charge is 0.469 e. The number of nitrogens with zero attached hydrogens (tertiary/aromatic N) is 2. The Morgan fingerprint density at radius 1 is 0.418 bits per heavy atom. The molecule has 8 aliphatic rings. The highest BCUT2D eigenvalue weighted by Crippen LogP contribution is 2.64. The molecule has 0 aliphatic heterocycles. The van der Waals surface area contributed by atoms with Gasteiger partial charge in [0.1, 0.15) is 0 Å². The van der Waals surface area contributed by atoms with Crippen molar-refractivity contribution in [3.8, 4) is 0 Å². The van der Waals surface area contributed by atoms with Crippen LogP contribution in [0.15, 0.2) is 121 Å². The minimum atomic E-state index is -1.76. The zero-order chi connectivity index (χ0) is 55.4. The van der Waals surface area contributed by atoms with E-state index in [-0.39, 0.29) is 53.1 Å². The average Bonchev–Trinajstić information content (AvgIpc) is 3.57. The zero-order valence-electron chi connectivity index (χ0n) is 46.6. The number of benzene rings is 4. The molecule has 0 radical (unpaired) electrons. The minimum absolute atomic E-state index is 0. The molecule has 0 saturated heterocycles. The SMILES string of the molecule is COC(=O)C1(F)CC2(CC(N(Cc3ccccc3)Cc3ccccc3)C2)C1.COC(=O)C1(F)CC2(CC(N)C2)C1.COC(=O)C1CC2(C1)CC(N(Cc1ccccc1)Cc1ccccc1)C2.COC(=O)C1CC2(CC(N)C2)C1.Cl. The maximum atomic E-state index is 14.6. The molecule has 0 unspecified atom stereocenters. The molecule has 0 heterocycles. The van der Waals surface area contributed by atoms with Crippen LogP contribution >= 0.6 is 12.4 Å². The number of alkyl halides is 2. The molecule has 0 bridgehead atoms. The predicted molar refractivity (Wildman–Crippen MR) is 301 cm³/mol. The van der Waals surface area contributed by atoms with Gasteiger partial charge in [-0.3, -0.25) is 19.4 Å². The Morgan fingerprint density at radius 3 is 0.937 bits per heavy atom. The van der Waals surface area contributed by atoms with E-state index in [1.54, 1.807) is 0 Å². The van der Waals surface area contributed by atoms with Gasteiger partial charge < -0.3 is 30.4 Å². The number of methoxy groups -OCH3 is 4. The fourth-order valence-corrected chi connectivity index (χ4v) is 15.2. The first kappa shape index (κ1) is 59.9. The molecule has 0 aromatic heterocycles. The van der Waals surface area contributed by atoms with E-state index in [4.69, 9.17) is 16.2 Å². The van der Waals surface area contributed by atoms with Crippen LogP contribution in [0.3, 0.4) is 0 Å². The molecule has 12 nitrogen and oxygen atoms in total. The van der Waals surface area contributed by atoms with Crippen LogP contribution in [-0.4, -0.2) is 97.6 Å². The molecule has 4 spiro atoms. The fraction of sp³-hybridized carbons (Fsp3) is 0.562. The third kappa shape index (κ3) is 13.7. The molecule has 15 heteroatoms. The van der Waals surface area contributed by atoms with Gasteiger partial charge >= 0.3 is 23.9 Å². The maximum Gasteiger partial charge on any atom is 0.343 e. The van der Waals surface area contributed by atoms with Crippen molar-refractivity contribution in [3.05, 3.63) is 144 Å². The molecule has 8 saturated carbocycles. The van der Waals surface area contributed by atoms with E-state index in [1.165, 1.54) is 63.5 Å². The lowest BCUT2D eigenvalue weighted by Crippen LogP contribution is -2.63. The Morgan fingerprint density at radius 2 is 0.671 bits per heavy atom. The van der Waals surface area contributed by atoms with Crippen molar-refractivity contribution < 1.29 is 46.9 Å². The van der Waals surface area contributed by atoms with Gasteiger partial charge in [-0.1, -0.05) is 121 Å². The standard InChI is InChI=1S/C23H26FNO2.C23H27NO2.C9H14FNO2.C9H15NO2.ClH/c1-27-21(26)23(24)16-22(17-23)12-20(13-22)25(14-18-8-4-2-5-9-18)15-19-10-6-3-7-11-19;1-26-22(25)20-12-23(13-20)14-21(15-23)24(16-18-8-4-2-5-9-18)17-19-10-6-3-7-11-19;1-13-7(12)9(10)4-8(5-9)2-6(11)3-8;1-12-8(11)6-2-9(3-6)4-7(10)5-9;/h2-11,20H,12-17H2,1H3;2-11,20-21H,12-17H2,1H3;6H,2-5,11H2,1H3;6-7H,2-5,10H2,1H3;1H. The molecule has 8 aliphatic carbocycles. The number of carbonyl (C=O) groups excluding carboxylic acids is 4. The Labute approximate surface area is 472 Å². The van der Waals surface area contributed by atoms with Gasteiger partial charge in [0, 0.05) is 50.3 Å². The summed E-state index contributed by atoms with van der Waals surface area (Å²) in [6, 6.07) is 44.0. The van der Waals surface area contributed by atoms with E-state index in [0.717, 1.165) is 90.4 Å². The zero-order valence-corrected chi connectivity index (χ0v) is 47.4. The van der Waals surface area contributed by atoms with E-state index >= 15 is 0 Å². The summed E-state index contributed by atoms with van der Waals surface area (Å²) in [5.74, 6) is -1.19. The number of halogens is 3. The van der Waals surface area contributed by atoms with Crippen molar-refractivity contribution in [2.45, 2.75) is 164 Å². The summed E-state index contributed by atoms with van der Waals surface area (Å²) < 4.78 is 46.8. The lowest BCUT2D eigenvalue weighted by atomic mass is 9.48. The van der Waals surface area contributed by atoms with Crippen molar-refractivity contribution in [2.24, 2.45) is 45.0 Å². The van der Waals surface area contributed by atoms with Crippen molar-refractivity contribution in [2.75, 3.05) is 28.4 Å². The summed E-state index contributed by atoms with van der Waals surface area (Å²) in [4.78, 5) is 50.5. The molecule has 4 N–H and O–H groups in total. The number of esters is 4. The van der Waals surface area contributed by atoms with Gasteiger partial charge in [-0.05, 0) is 147 Å². The van der Waals surface area contributed by atoms with E-state index in [9.17, 15) is 28.0 Å². The minimum Gasteiger partial charge on any atom is -0.469 e. The quantitative estimate of drug-likeness (QED) is 0.0909. The molecule has 12 rings (SSSR count). The highest BCUT2D eigenvalue weighted by Gasteiger charge is 2.66. The van der Waals surface area contributed by atoms with Crippen LogP contribution < -0.4 is 11.5 Å². The van der Waals surface area contributed by atoms with Gasteiger partial charge in [0.05, 0.1) is 40.3 Å². The van der Waals surface area contributed by atoms with Crippen LogP contribution in [0.1, 0.15) is 125 Å². The van der Waals surface area contributed by atoms with E-state index in [2.05, 4.69) is 133 Å². The second kappa shape index (κ2) is 24.9. The normalized spacial score (nSPS) is 33.6. The second-order valence-corrected chi connectivity index (χ2v) is 25.1. The Hall–Kier alpha value is -5.25. The molecule has 0 amide bonds. The van der Waals surface area contributed by atoms with Gasteiger partial charge in [-0.25, -0.2) is 18.4 Å². The molecule has 4 aromatic rings. The molecule has 79 heavy (non-hydrogen) atoms. The van der Waals surface area contributed by atoms with Crippen LogP contribution in [0.2, 0.25) is 0 Å². The third-order valence-electron chi connectivity index (χ3n) is 18.9. The highest BCUT2D eigenvalue weighted by molar-refractivity contribution is 5.85. The van der Waals surface area contributed by atoms with Gasteiger partial charge in [0.15, 0.2) is 0 Å². The summed E-state index contributed by atoms with van der Waals surface area (Å²) in [6.07, 6.45) is 13.5. The van der Waals surface area contributed by atoms with Crippen LogP contribution in [-0.2, 0) is 64.3 Å². The first-order valence-corrected chi connectivity index (χ1v) is 28.2. The number of rotatable bonds is 14. The fourth-order valence-electron chi connectivity index (χ4n) is 15.2. The van der Waals surface area contributed by atoms with Gasteiger partial charge in [-0.15, -0.1) is 12.4 Å². The molecular formula is C64H83ClF2N4O8. The predicted octanol–water partition coefficient (Wildman–Crippen LogP) is 10.8. The van der Waals surface area contributed by atoms with Gasteiger partial charge in [0.2, 0.25) is 11.3 Å². The molecule has 428 valence electrons. The number of hydrogen-bond acceptors (Lipinski definition) is 12. The van der Waals surface area contributed by atoms with Crippen LogP contribution in [0.25, 0.3) is 0 Å². The third-order valence-corrected chi connectivity index (χ3v) is 18.9. The molecular weight excluding hydrogens is 1030 g/mol. The summed E-state index contributed by atoms with van der Waals surface area (Å²) in [5.41, 5.74) is 14.0. The van der Waals surface area contributed by atoms with E-state index in [0.29, 0.717) is 54.6 Å². The number of ether oxygens (including phenoxy) is 4. The number of hydrogen-bond donors (Lipinski definition) is 2. The lowest BCUT2D eigenvalue weighted by molar-refractivity contribution is -0.191. The van der Waals surface area contributed by atoms with Gasteiger partial charge in [0.25, 0.3) is 0 Å².